The fourth-order valence-corrected chi connectivity index (χ4v) is 2.96. The Kier molecular flexibility index (Phi) is 9.54. The van der Waals surface area contributed by atoms with Gasteiger partial charge in [-0.25, -0.2) is 4.79 Å². The van der Waals surface area contributed by atoms with Crippen LogP contribution in [0.25, 0.3) is 0 Å². The van der Waals surface area contributed by atoms with Gasteiger partial charge in [-0.3, -0.25) is 9.59 Å². The second-order valence-corrected chi connectivity index (χ2v) is 7.26. The Balaban J connectivity index is 0.000000540. The average molecular weight is 487 g/mol. The molecule has 3 aromatic rings. The van der Waals surface area contributed by atoms with Crippen LogP contribution >= 0.6 is 0 Å². The van der Waals surface area contributed by atoms with Crippen LogP contribution in [0.2, 0.25) is 0 Å². The molecule has 0 aliphatic rings. The highest BCUT2D eigenvalue weighted by Gasteiger charge is 2.38. The molecule has 3 rings (SSSR count). The minimum absolute atomic E-state index is 0.222. The summed E-state index contributed by atoms with van der Waals surface area (Å²) in [4.78, 5) is 36.5. The van der Waals surface area contributed by atoms with Crippen molar-refractivity contribution in [2.45, 2.75) is 18.8 Å². The first kappa shape index (κ1) is 27.1. The normalized spacial score (nSPS) is 11.5. The number of carboxylic acids is 1. The molecule has 4 N–H and O–H groups in total. The van der Waals surface area contributed by atoms with Crippen LogP contribution in [0.4, 0.5) is 18.9 Å². The molecule has 0 radical (unpaired) electrons. The van der Waals surface area contributed by atoms with Gasteiger partial charge in [0.15, 0.2) is 0 Å². The van der Waals surface area contributed by atoms with Crippen LogP contribution in [0.1, 0.15) is 27.5 Å². The summed E-state index contributed by atoms with van der Waals surface area (Å²) in [6.07, 6.45) is -5.08. The molecule has 0 spiro atoms. The van der Waals surface area contributed by atoms with Crippen LogP contribution in [0.3, 0.4) is 0 Å². The van der Waals surface area contributed by atoms with Crippen LogP contribution in [0, 0.1) is 0 Å². The van der Waals surface area contributed by atoms with Crippen LogP contribution < -0.4 is 16.0 Å². The molecule has 0 saturated heterocycles. The van der Waals surface area contributed by atoms with E-state index >= 15 is 0 Å². The van der Waals surface area contributed by atoms with E-state index in [2.05, 4.69) is 5.32 Å². The third-order valence-electron chi connectivity index (χ3n) is 4.80. The van der Waals surface area contributed by atoms with Gasteiger partial charge in [0, 0.05) is 24.8 Å². The van der Waals surface area contributed by atoms with Crippen LogP contribution in [0.5, 0.6) is 0 Å². The summed E-state index contributed by atoms with van der Waals surface area (Å²) >= 11 is 0. The highest BCUT2D eigenvalue weighted by Crippen LogP contribution is 2.21. The molecule has 0 aliphatic heterocycles. The number of halogens is 3. The van der Waals surface area contributed by atoms with E-state index < -0.39 is 18.2 Å². The van der Waals surface area contributed by atoms with E-state index in [1.165, 1.54) is 0 Å². The molecule has 7 nitrogen and oxygen atoms in total. The molecule has 0 saturated carbocycles. The molecule has 35 heavy (non-hydrogen) atoms. The molecule has 0 heterocycles. The van der Waals surface area contributed by atoms with Gasteiger partial charge in [-0.2, -0.15) is 13.2 Å². The lowest BCUT2D eigenvalue weighted by Crippen LogP contribution is -2.41. The van der Waals surface area contributed by atoms with Gasteiger partial charge < -0.3 is 21.1 Å². The third kappa shape index (κ3) is 7.97. The van der Waals surface area contributed by atoms with E-state index in [4.69, 9.17) is 15.6 Å². The predicted octanol–water partition coefficient (Wildman–Crippen LogP) is 3.91. The Hall–Kier alpha value is -4.18. The topological polar surface area (TPSA) is 113 Å². The predicted molar refractivity (Wildman–Crippen MR) is 125 cm³/mol. The van der Waals surface area contributed by atoms with Crippen molar-refractivity contribution in [1.82, 2.24) is 5.32 Å². The van der Waals surface area contributed by atoms with Crippen molar-refractivity contribution in [3.63, 3.8) is 0 Å². The standard InChI is InChI=1S/C23H23N3O2.C2HF3O2/c1-26(20-13-6-3-7-14-20)23(28)21(18-10-4-2-5-11-18)25-22(27)19-12-8-9-17(15-19)16-24;3-2(4,5)1(6)7/h2-15,21H,16,24H2,1H3,(H,25,27);(H,6,7)/t21-;/m1./s1. The van der Waals surface area contributed by atoms with Gasteiger partial charge in [0.05, 0.1) is 0 Å². The van der Waals surface area contributed by atoms with Crippen molar-refractivity contribution < 1.29 is 32.7 Å². The summed E-state index contributed by atoms with van der Waals surface area (Å²) in [6.45, 7) is 0.346. The van der Waals surface area contributed by atoms with E-state index in [-0.39, 0.29) is 11.8 Å². The first-order valence-electron chi connectivity index (χ1n) is 10.3. The molecule has 2 amide bonds. The number of likely N-dealkylation sites (N-methyl/N-ethyl adjacent to an activating group) is 1. The molecule has 0 unspecified atom stereocenters. The Morgan fingerprint density at radius 2 is 1.49 bits per heavy atom. The van der Waals surface area contributed by atoms with Gasteiger partial charge >= 0.3 is 12.1 Å². The van der Waals surface area contributed by atoms with Gasteiger partial charge in [-0.1, -0.05) is 60.7 Å². The summed E-state index contributed by atoms with van der Waals surface area (Å²) < 4.78 is 31.7. The zero-order valence-corrected chi connectivity index (χ0v) is 18.7. The zero-order valence-electron chi connectivity index (χ0n) is 18.7. The SMILES string of the molecule is CN(C(=O)[C@H](NC(=O)c1cccc(CN)c1)c1ccccc1)c1ccccc1.O=C(O)C(F)(F)F. The maximum Gasteiger partial charge on any atom is 0.490 e. The van der Waals surface area contributed by atoms with Gasteiger partial charge in [0.25, 0.3) is 11.8 Å². The summed E-state index contributed by atoms with van der Waals surface area (Å²) in [7, 11) is 1.70. The van der Waals surface area contributed by atoms with E-state index in [0.717, 1.165) is 16.8 Å². The lowest BCUT2D eigenvalue weighted by molar-refractivity contribution is -0.192. The van der Waals surface area contributed by atoms with E-state index in [9.17, 15) is 22.8 Å². The third-order valence-corrected chi connectivity index (χ3v) is 4.80. The number of carboxylic acid groups (broad SMARTS) is 1. The molecule has 10 heteroatoms. The van der Waals surface area contributed by atoms with Crippen molar-refractivity contribution >= 4 is 23.5 Å². The van der Waals surface area contributed by atoms with Crippen molar-refractivity contribution in [2.24, 2.45) is 5.73 Å². The lowest BCUT2D eigenvalue weighted by atomic mass is 10.0. The quantitative estimate of drug-likeness (QED) is 0.488. The van der Waals surface area contributed by atoms with Crippen LogP contribution in [-0.2, 0) is 16.1 Å². The molecular formula is C25H24F3N3O4. The number of hydrogen-bond acceptors (Lipinski definition) is 4. The number of hydrogen-bond donors (Lipinski definition) is 3. The summed E-state index contributed by atoms with van der Waals surface area (Å²) in [6, 6.07) is 24.9. The Labute approximate surface area is 200 Å². The second-order valence-electron chi connectivity index (χ2n) is 7.26. The van der Waals surface area contributed by atoms with Crippen molar-refractivity contribution in [3.05, 3.63) is 102 Å². The zero-order chi connectivity index (χ0) is 26.0. The lowest BCUT2D eigenvalue weighted by Gasteiger charge is -2.25. The number of nitrogens with zero attached hydrogens (tertiary/aromatic N) is 1. The van der Waals surface area contributed by atoms with Gasteiger partial charge in [0.2, 0.25) is 0 Å². The smallest absolute Gasteiger partial charge is 0.475 e. The molecule has 3 aromatic carbocycles. The summed E-state index contributed by atoms with van der Waals surface area (Å²) in [5.41, 5.74) is 8.48. The number of carbonyl (C=O) groups is 3. The van der Waals surface area contributed by atoms with Gasteiger partial charge in [-0.15, -0.1) is 0 Å². The van der Waals surface area contributed by atoms with Gasteiger partial charge in [0.1, 0.15) is 6.04 Å². The number of amides is 2. The minimum Gasteiger partial charge on any atom is -0.475 e. The first-order chi connectivity index (χ1) is 16.5. The van der Waals surface area contributed by atoms with Crippen molar-refractivity contribution in [2.75, 3.05) is 11.9 Å². The fourth-order valence-electron chi connectivity index (χ4n) is 2.96. The number of alkyl halides is 3. The van der Waals surface area contributed by atoms with Crippen LogP contribution in [-0.4, -0.2) is 36.1 Å². The van der Waals surface area contributed by atoms with Crippen LogP contribution in [0.15, 0.2) is 84.9 Å². The Morgan fingerprint density at radius 1 is 0.943 bits per heavy atom. The monoisotopic (exact) mass is 487 g/mol. The highest BCUT2D eigenvalue weighted by molar-refractivity contribution is 6.02. The molecule has 0 aromatic heterocycles. The molecule has 184 valence electrons. The molecular weight excluding hydrogens is 463 g/mol. The fraction of sp³-hybridized carbons (Fsp3) is 0.160. The summed E-state index contributed by atoms with van der Waals surface area (Å²) in [5.74, 6) is -3.30. The number of anilines is 1. The molecule has 0 aliphatic carbocycles. The summed E-state index contributed by atoms with van der Waals surface area (Å²) in [5, 5.41) is 10.0. The van der Waals surface area contributed by atoms with E-state index in [0.29, 0.717) is 12.1 Å². The number of nitrogens with two attached hydrogens (primary N) is 1. The number of para-hydroxylation sites is 1. The second kappa shape index (κ2) is 12.3. The van der Waals surface area contributed by atoms with Gasteiger partial charge in [-0.05, 0) is 35.4 Å². The van der Waals surface area contributed by atoms with Crippen molar-refractivity contribution in [3.8, 4) is 0 Å². The number of nitrogens with one attached hydrogen (secondary N) is 1. The van der Waals surface area contributed by atoms with Crippen molar-refractivity contribution in [1.29, 1.82) is 0 Å². The Bertz CT molecular complexity index is 1140. The molecule has 0 bridgehead atoms. The number of carbonyl (C=O) groups excluding carboxylic acids is 2. The highest BCUT2D eigenvalue weighted by atomic mass is 19.4. The number of benzene rings is 3. The first-order valence-corrected chi connectivity index (χ1v) is 10.3. The average Bonchev–Trinajstić information content (AvgIpc) is 2.87. The maximum absolute atomic E-state index is 13.2. The Morgan fingerprint density at radius 3 is 2.00 bits per heavy atom. The molecule has 1 atom stereocenters. The molecule has 0 fully saturated rings. The number of aliphatic carboxylic acids is 1. The van der Waals surface area contributed by atoms with E-state index in [1.54, 1.807) is 30.1 Å². The minimum atomic E-state index is -5.08. The largest absolute Gasteiger partial charge is 0.490 e. The van der Waals surface area contributed by atoms with E-state index in [1.807, 2.05) is 66.7 Å². The number of rotatable bonds is 6. The maximum atomic E-state index is 13.2.